The molecule has 0 saturated heterocycles. The van der Waals surface area contributed by atoms with Crippen LogP contribution in [0, 0.1) is 13.8 Å². The number of hydrogen-bond acceptors (Lipinski definition) is 6. The fourth-order valence-electron chi connectivity index (χ4n) is 3.20. The number of nitrogens with zero attached hydrogens (tertiary/aromatic N) is 4. The van der Waals surface area contributed by atoms with Crippen LogP contribution in [0.15, 0.2) is 60.9 Å². The van der Waals surface area contributed by atoms with E-state index in [0.29, 0.717) is 16.8 Å². The Morgan fingerprint density at radius 2 is 1.90 bits per heavy atom. The number of halogens is 1. The van der Waals surface area contributed by atoms with E-state index >= 15 is 0 Å². The fraction of sp³-hybridized carbons (Fsp3) is 0.190. The summed E-state index contributed by atoms with van der Waals surface area (Å²) < 4.78 is 8.90. The lowest BCUT2D eigenvalue weighted by atomic mass is 10.2. The van der Waals surface area contributed by atoms with Crippen molar-refractivity contribution in [3.8, 4) is 5.82 Å². The molecular formula is C21H18BrN5O4. The first-order valence-corrected chi connectivity index (χ1v) is 10.2. The Morgan fingerprint density at radius 1 is 1.10 bits per heavy atom. The third-order valence-corrected chi connectivity index (χ3v) is 5.12. The minimum Gasteiger partial charge on any atom is -0.422 e. The second kappa shape index (κ2) is 8.31. The number of carbonyl (C=O) groups is 1. The van der Waals surface area contributed by atoms with Gasteiger partial charge >= 0.3 is 5.63 Å². The predicted octanol–water partition coefficient (Wildman–Crippen LogP) is 2.34. The van der Waals surface area contributed by atoms with Crippen LogP contribution in [0.25, 0.3) is 16.8 Å². The molecule has 0 aliphatic rings. The normalized spacial score (nSPS) is 11.1. The maximum Gasteiger partial charge on any atom is 0.349 e. The summed E-state index contributed by atoms with van der Waals surface area (Å²) in [4.78, 5) is 36.8. The molecule has 0 radical (unpaired) electrons. The highest BCUT2D eigenvalue weighted by atomic mass is 79.9. The Kier molecular flexibility index (Phi) is 5.55. The lowest BCUT2D eigenvalue weighted by Crippen LogP contribution is -2.34. The van der Waals surface area contributed by atoms with Gasteiger partial charge in [-0.2, -0.15) is 5.10 Å². The third-order valence-electron chi connectivity index (χ3n) is 4.63. The van der Waals surface area contributed by atoms with Crippen LogP contribution in [-0.2, 0) is 6.54 Å². The maximum absolute atomic E-state index is 12.5. The molecule has 4 aromatic rings. The minimum absolute atomic E-state index is 0.0995. The second-order valence-electron chi connectivity index (χ2n) is 6.98. The third kappa shape index (κ3) is 4.33. The molecule has 1 amide bonds. The number of aryl methyl sites for hydroxylation is 2. The van der Waals surface area contributed by atoms with Gasteiger partial charge in [0, 0.05) is 28.2 Å². The van der Waals surface area contributed by atoms with Crippen molar-refractivity contribution in [2.24, 2.45) is 0 Å². The van der Waals surface area contributed by atoms with Gasteiger partial charge in [0.2, 0.25) is 0 Å². The van der Waals surface area contributed by atoms with Crippen LogP contribution in [0.1, 0.15) is 21.7 Å². The standard InChI is InChI=1S/C21H18BrN5O4/c1-12-9-13(2)27(24-12)18-5-6-19(28)26(25-18)8-7-23-20(29)16-11-14-10-15(22)3-4-17(14)31-21(16)30/h3-6,9-11H,7-8H2,1-2H3,(H,23,29). The van der Waals surface area contributed by atoms with Crippen LogP contribution in [0.3, 0.4) is 0 Å². The van der Waals surface area contributed by atoms with Crippen LogP contribution >= 0.6 is 15.9 Å². The van der Waals surface area contributed by atoms with E-state index in [9.17, 15) is 14.4 Å². The van der Waals surface area contributed by atoms with E-state index in [0.717, 1.165) is 15.9 Å². The van der Waals surface area contributed by atoms with Crippen LogP contribution in [-0.4, -0.2) is 32.0 Å². The molecule has 3 aromatic heterocycles. The molecule has 0 unspecified atom stereocenters. The molecule has 3 heterocycles. The number of carbonyl (C=O) groups excluding carboxylic acids is 1. The van der Waals surface area contributed by atoms with Crippen molar-refractivity contribution >= 4 is 32.8 Å². The van der Waals surface area contributed by atoms with Gasteiger partial charge in [0.1, 0.15) is 11.1 Å². The molecule has 158 valence electrons. The quantitative estimate of drug-likeness (QED) is 0.436. The number of amides is 1. The van der Waals surface area contributed by atoms with Crippen molar-refractivity contribution in [3.63, 3.8) is 0 Å². The highest BCUT2D eigenvalue weighted by Gasteiger charge is 2.14. The molecule has 9 nitrogen and oxygen atoms in total. The van der Waals surface area contributed by atoms with Gasteiger partial charge in [0.15, 0.2) is 5.82 Å². The molecule has 0 aliphatic heterocycles. The van der Waals surface area contributed by atoms with Crippen molar-refractivity contribution < 1.29 is 9.21 Å². The van der Waals surface area contributed by atoms with Crippen molar-refractivity contribution in [1.29, 1.82) is 0 Å². The number of rotatable bonds is 5. The molecular weight excluding hydrogens is 466 g/mol. The van der Waals surface area contributed by atoms with Gasteiger partial charge in [0.05, 0.1) is 12.2 Å². The highest BCUT2D eigenvalue weighted by molar-refractivity contribution is 9.10. The van der Waals surface area contributed by atoms with E-state index in [1.807, 2.05) is 19.9 Å². The average molecular weight is 484 g/mol. The predicted molar refractivity (Wildman–Crippen MR) is 118 cm³/mol. The molecule has 0 saturated carbocycles. The van der Waals surface area contributed by atoms with Crippen molar-refractivity contribution in [3.05, 3.63) is 84.7 Å². The maximum atomic E-state index is 12.5. The van der Waals surface area contributed by atoms with Gasteiger partial charge in [-0.1, -0.05) is 15.9 Å². The molecule has 0 aliphatic carbocycles. The van der Waals surface area contributed by atoms with Crippen LogP contribution < -0.4 is 16.5 Å². The molecule has 1 N–H and O–H groups in total. The molecule has 1 aromatic carbocycles. The second-order valence-corrected chi connectivity index (χ2v) is 7.89. The van der Waals surface area contributed by atoms with Crippen molar-refractivity contribution in [1.82, 2.24) is 24.9 Å². The van der Waals surface area contributed by atoms with Gasteiger partial charge in [0.25, 0.3) is 11.5 Å². The highest BCUT2D eigenvalue weighted by Crippen LogP contribution is 2.19. The number of nitrogens with one attached hydrogen (secondary N) is 1. The number of benzene rings is 1. The molecule has 0 atom stereocenters. The van der Waals surface area contributed by atoms with Gasteiger partial charge in [-0.05, 0) is 50.2 Å². The fourth-order valence-corrected chi connectivity index (χ4v) is 3.57. The Morgan fingerprint density at radius 3 is 2.65 bits per heavy atom. The number of aromatic nitrogens is 4. The summed E-state index contributed by atoms with van der Waals surface area (Å²) in [5, 5.41) is 11.9. The SMILES string of the molecule is Cc1cc(C)n(-c2ccc(=O)n(CCNC(=O)c3cc4cc(Br)ccc4oc3=O)n2)n1. The Hall–Kier alpha value is -3.53. The van der Waals surface area contributed by atoms with E-state index < -0.39 is 11.5 Å². The van der Waals surface area contributed by atoms with E-state index in [2.05, 4.69) is 31.4 Å². The van der Waals surface area contributed by atoms with E-state index in [4.69, 9.17) is 4.42 Å². The molecule has 0 spiro atoms. The van der Waals surface area contributed by atoms with Gasteiger partial charge in [-0.3, -0.25) is 9.59 Å². The smallest absolute Gasteiger partial charge is 0.349 e. The summed E-state index contributed by atoms with van der Waals surface area (Å²) in [7, 11) is 0. The largest absolute Gasteiger partial charge is 0.422 e. The summed E-state index contributed by atoms with van der Waals surface area (Å²) in [6.07, 6.45) is 0. The van der Waals surface area contributed by atoms with E-state index in [1.54, 1.807) is 28.9 Å². The molecule has 4 rings (SSSR count). The zero-order chi connectivity index (χ0) is 22.1. The summed E-state index contributed by atoms with van der Waals surface area (Å²) in [5.74, 6) is -0.0874. The van der Waals surface area contributed by atoms with E-state index in [1.165, 1.54) is 16.8 Å². The Labute approximate surface area is 184 Å². The summed E-state index contributed by atoms with van der Waals surface area (Å²) in [5.41, 5.74) is 0.969. The number of hydrogen-bond donors (Lipinski definition) is 1. The average Bonchev–Trinajstić information content (AvgIpc) is 3.07. The molecule has 0 fully saturated rings. The van der Waals surface area contributed by atoms with Crippen molar-refractivity contribution in [2.75, 3.05) is 6.54 Å². The molecule has 10 heteroatoms. The van der Waals surface area contributed by atoms with Gasteiger partial charge in [-0.25, -0.2) is 14.2 Å². The van der Waals surface area contributed by atoms with Crippen LogP contribution in [0.4, 0.5) is 0 Å². The molecule has 31 heavy (non-hydrogen) atoms. The topological polar surface area (TPSA) is 112 Å². The first-order valence-electron chi connectivity index (χ1n) is 9.45. The molecule has 0 bridgehead atoms. The first kappa shape index (κ1) is 20.7. The van der Waals surface area contributed by atoms with Gasteiger partial charge < -0.3 is 9.73 Å². The van der Waals surface area contributed by atoms with Crippen LogP contribution in [0.2, 0.25) is 0 Å². The summed E-state index contributed by atoms with van der Waals surface area (Å²) in [6.45, 7) is 3.99. The Bertz CT molecular complexity index is 1420. The summed E-state index contributed by atoms with van der Waals surface area (Å²) in [6, 6.07) is 11.5. The van der Waals surface area contributed by atoms with Crippen molar-refractivity contribution in [2.45, 2.75) is 20.4 Å². The zero-order valence-corrected chi connectivity index (χ0v) is 18.3. The minimum atomic E-state index is -0.728. The van der Waals surface area contributed by atoms with Gasteiger partial charge in [-0.15, -0.1) is 5.10 Å². The lowest BCUT2D eigenvalue weighted by molar-refractivity contribution is 0.0948. The monoisotopic (exact) mass is 483 g/mol. The van der Waals surface area contributed by atoms with E-state index in [-0.39, 0.29) is 24.2 Å². The van der Waals surface area contributed by atoms with Crippen LogP contribution in [0.5, 0.6) is 0 Å². The zero-order valence-electron chi connectivity index (χ0n) is 16.8. The summed E-state index contributed by atoms with van der Waals surface area (Å²) >= 11 is 3.35. The first-order chi connectivity index (χ1) is 14.8. The Balaban J connectivity index is 1.50. The number of fused-ring (bicyclic) bond motifs is 1. The lowest BCUT2D eigenvalue weighted by Gasteiger charge is -2.09.